The summed E-state index contributed by atoms with van der Waals surface area (Å²) in [6, 6.07) is 9.83. The summed E-state index contributed by atoms with van der Waals surface area (Å²) >= 11 is 0. The van der Waals surface area contributed by atoms with Crippen molar-refractivity contribution in [1.82, 2.24) is 5.32 Å². The molecule has 0 radical (unpaired) electrons. The first kappa shape index (κ1) is 12.2. The third-order valence-corrected chi connectivity index (χ3v) is 3.71. The van der Waals surface area contributed by atoms with Gasteiger partial charge in [0.2, 0.25) is 0 Å². The molecule has 0 saturated heterocycles. The minimum atomic E-state index is 0.447. The van der Waals surface area contributed by atoms with Gasteiger partial charge in [-0.15, -0.1) is 12.3 Å². The van der Waals surface area contributed by atoms with E-state index < -0.39 is 0 Å². The van der Waals surface area contributed by atoms with E-state index in [0.717, 1.165) is 12.3 Å². The first-order valence-electron chi connectivity index (χ1n) is 6.45. The quantitative estimate of drug-likeness (QED) is 0.779. The van der Waals surface area contributed by atoms with E-state index >= 15 is 0 Å². The van der Waals surface area contributed by atoms with E-state index in [1.807, 2.05) is 0 Å². The number of hydrogen-bond donors (Lipinski definition) is 1. The van der Waals surface area contributed by atoms with Gasteiger partial charge in [0.1, 0.15) is 0 Å². The van der Waals surface area contributed by atoms with Crippen LogP contribution in [0.3, 0.4) is 0 Å². The molecule has 1 aromatic rings. The van der Waals surface area contributed by atoms with Gasteiger partial charge in [-0.2, -0.15) is 0 Å². The van der Waals surface area contributed by atoms with Crippen molar-refractivity contribution in [3.05, 3.63) is 35.4 Å². The third kappa shape index (κ3) is 2.90. The number of aryl methyl sites for hydroxylation is 1. The highest BCUT2D eigenvalue weighted by atomic mass is 15.0. The fourth-order valence-electron chi connectivity index (χ4n) is 2.69. The van der Waals surface area contributed by atoms with Crippen molar-refractivity contribution in [2.24, 2.45) is 0 Å². The highest BCUT2D eigenvalue weighted by Gasteiger charge is 2.31. The minimum Gasteiger partial charge on any atom is -0.311 e. The van der Waals surface area contributed by atoms with E-state index in [4.69, 9.17) is 6.42 Å². The van der Waals surface area contributed by atoms with Crippen LogP contribution in [0.5, 0.6) is 0 Å². The summed E-state index contributed by atoms with van der Waals surface area (Å²) in [6.45, 7) is 4.37. The van der Waals surface area contributed by atoms with Crippen LogP contribution in [0.15, 0.2) is 24.3 Å². The van der Waals surface area contributed by atoms with Gasteiger partial charge in [-0.3, -0.25) is 0 Å². The maximum absolute atomic E-state index is 5.31. The SMILES string of the molecule is C#CCC(C)NC1CC(c2ccccc2C)C1. The Morgan fingerprint density at radius 1 is 1.41 bits per heavy atom. The molecule has 1 aliphatic rings. The zero-order valence-electron chi connectivity index (χ0n) is 10.7. The number of rotatable bonds is 4. The maximum Gasteiger partial charge on any atom is 0.0238 e. The molecule has 0 bridgehead atoms. The molecule has 1 atom stereocenters. The van der Waals surface area contributed by atoms with Crippen LogP contribution in [0.25, 0.3) is 0 Å². The predicted octanol–water partition coefficient (Wildman–Crippen LogP) is 3.24. The summed E-state index contributed by atoms with van der Waals surface area (Å²) in [6.07, 6.45) is 8.64. The Bertz CT molecular complexity index is 410. The highest BCUT2D eigenvalue weighted by molar-refractivity contribution is 5.31. The fraction of sp³-hybridized carbons (Fsp3) is 0.500. The Morgan fingerprint density at radius 2 is 2.12 bits per heavy atom. The molecule has 0 amide bonds. The monoisotopic (exact) mass is 227 g/mol. The zero-order valence-corrected chi connectivity index (χ0v) is 10.7. The molecular formula is C16H21N. The summed E-state index contributed by atoms with van der Waals surface area (Å²) in [5.74, 6) is 3.45. The molecule has 90 valence electrons. The molecule has 1 heteroatoms. The van der Waals surface area contributed by atoms with Crippen molar-refractivity contribution in [2.75, 3.05) is 0 Å². The van der Waals surface area contributed by atoms with Crippen molar-refractivity contribution in [3.8, 4) is 12.3 Å². The standard InChI is InChI=1S/C16H21N/c1-4-7-13(3)17-15-10-14(11-15)16-9-6-5-8-12(16)2/h1,5-6,8-9,13-15,17H,7,10-11H2,2-3H3. The molecule has 17 heavy (non-hydrogen) atoms. The van der Waals surface area contributed by atoms with Crippen LogP contribution in [0.1, 0.15) is 43.2 Å². The lowest BCUT2D eigenvalue weighted by molar-refractivity contribution is 0.270. The molecule has 1 nitrogen and oxygen atoms in total. The molecule has 0 aliphatic heterocycles. The molecule has 1 N–H and O–H groups in total. The summed E-state index contributed by atoms with van der Waals surface area (Å²) in [5.41, 5.74) is 2.95. The first-order valence-corrected chi connectivity index (χ1v) is 6.45. The van der Waals surface area contributed by atoms with Crippen LogP contribution >= 0.6 is 0 Å². The van der Waals surface area contributed by atoms with E-state index in [9.17, 15) is 0 Å². The molecule has 1 aliphatic carbocycles. The average Bonchev–Trinajstić information content (AvgIpc) is 2.25. The second-order valence-corrected chi connectivity index (χ2v) is 5.20. The summed E-state index contributed by atoms with van der Waals surface area (Å²) < 4.78 is 0. The van der Waals surface area contributed by atoms with Crippen LogP contribution in [0, 0.1) is 19.3 Å². The Hall–Kier alpha value is -1.26. The average molecular weight is 227 g/mol. The van der Waals surface area contributed by atoms with Crippen molar-refractivity contribution >= 4 is 0 Å². The molecule has 1 fully saturated rings. The second kappa shape index (κ2) is 5.38. The summed E-state index contributed by atoms with van der Waals surface area (Å²) in [7, 11) is 0. The minimum absolute atomic E-state index is 0.447. The van der Waals surface area contributed by atoms with E-state index in [2.05, 4.69) is 49.4 Å². The lowest BCUT2D eigenvalue weighted by atomic mass is 9.74. The van der Waals surface area contributed by atoms with Crippen LogP contribution in [0.4, 0.5) is 0 Å². The van der Waals surface area contributed by atoms with Crippen molar-refractivity contribution in [1.29, 1.82) is 0 Å². The normalized spacial score (nSPS) is 24.8. The van der Waals surface area contributed by atoms with Crippen molar-refractivity contribution in [3.63, 3.8) is 0 Å². The molecule has 1 aromatic carbocycles. The number of terminal acetylenes is 1. The van der Waals surface area contributed by atoms with Gasteiger partial charge in [0.05, 0.1) is 0 Å². The van der Waals surface area contributed by atoms with Gasteiger partial charge in [-0.1, -0.05) is 24.3 Å². The van der Waals surface area contributed by atoms with E-state index in [-0.39, 0.29) is 0 Å². The van der Waals surface area contributed by atoms with Crippen molar-refractivity contribution in [2.45, 2.75) is 51.1 Å². The number of nitrogens with one attached hydrogen (secondary N) is 1. The Labute approximate surface area is 105 Å². The molecule has 2 rings (SSSR count). The van der Waals surface area contributed by atoms with Crippen LogP contribution in [0.2, 0.25) is 0 Å². The fourth-order valence-corrected chi connectivity index (χ4v) is 2.69. The number of benzene rings is 1. The highest BCUT2D eigenvalue weighted by Crippen LogP contribution is 2.38. The lowest BCUT2D eigenvalue weighted by Crippen LogP contribution is -2.44. The second-order valence-electron chi connectivity index (χ2n) is 5.20. The van der Waals surface area contributed by atoms with Gasteiger partial charge >= 0.3 is 0 Å². The maximum atomic E-state index is 5.31. The van der Waals surface area contributed by atoms with Crippen molar-refractivity contribution < 1.29 is 0 Å². The molecular weight excluding hydrogens is 206 g/mol. The predicted molar refractivity (Wildman–Crippen MR) is 73.0 cm³/mol. The van der Waals surface area contributed by atoms with Crippen LogP contribution in [-0.2, 0) is 0 Å². The Balaban J connectivity index is 1.83. The first-order chi connectivity index (χ1) is 8.20. The van der Waals surface area contributed by atoms with Gasteiger partial charge in [-0.25, -0.2) is 0 Å². The van der Waals surface area contributed by atoms with E-state index in [1.165, 1.54) is 24.0 Å². The van der Waals surface area contributed by atoms with E-state index in [0.29, 0.717) is 12.1 Å². The summed E-state index contributed by atoms with van der Waals surface area (Å²) in [4.78, 5) is 0. The van der Waals surface area contributed by atoms with E-state index in [1.54, 1.807) is 0 Å². The lowest BCUT2D eigenvalue weighted by Gasteiger charge is -2.38. The van der Waals surface area contributed by atoms with Gasteiger partial charge < -0.3 is 5.32 Å². The summed E-state index contributed by atoms with van der Waals surface area (Å²) in [5, 5.41) is 3.59. The molecule has 1 saturated carbocycles. The Kier molecular flexibility index (Phi) is 3.86. The Morgan fingerprint density at radius 3 is 2.76 bits per heavy atom. The topological polar surface area (TPSA) is 12.0 Å². The molecule has 0 heterocycles. The smallest absolute Gasteiger partial charge is 0.0238 e. The van der Waals surface area contributed by atoms with Crippen LogP contribution in [-0.4, -0.2) is 12.1 Å². The van der Waals surface area contributed by atoms with Gasteiger partial charge in [-0.05, 0) is 43.7 Å². The molecule has 1 unspecified atom stereocenters. The number of hydrogen-bond acceptors (Lipinski definition) is 1. The van der Waals surface area contributed by atoms with Gasteiger partial charge in [0.15, 0.2) is 0 Å². The van der Waals surface area contributed by atoms with Crippen LogP contribution < -0.4 is 5.32 Å². The molecule has 0 spiro atoms. The molecule has 0 aromatic heterocycles. The van der Waals surface area contributed by atoms with Gasteiger partial charge in [0.25, 0.3) is 0 Å². The zero-order chi connectivity index (χ0) is 12.3. The largest absolute Gasteiger partial charge is 0.311 e. The third-order valence-electron chi connectivity index (χ3n) is 3.71. The van der Waals surface area contributed by atoms with Gasteiger partial charge in [0, 0.05) is 18.5 Å².